The van der Waals surface area contributed by atoms with Crippen molar-refractivity contribution in [3.8, 4) is 0 Å². The highest BCUT2D eigenvalue weighted by atomic mass is 19.1. The molecule has 2 N–H and O–H groups in total. The summed E-state index contributed by atoms with van der Waals surface area (Å²) in [5.74, 6) is 0.489. The summed E-state index contributed by atoms with van der Waals surface area (Å²) in [7, 11) is 0. The molecule has 3 atom stereocenters. The Bertz CT molecular complexity index is 421. The zero-order valence-corrected chi connectivity index (χ0v) is 12.7. The van der Waals surface area contributed by atoms with Gasteiger partial charge in [0.05, 0.1) is 0 Å². The molecular formula is C17H27FN2. The van der Waals surface area contributed by atoms with Crippen molar-refractivity contribution in [1.29, 1.82) is 0 Å². The van der Waals surface area contributed by atoms with E-state index in [9.17, 15) is 4.39 Å². The molecule has 1 aromatic rings. The summed E-state index contributed by atoms with van der Waals surface area (Å²) in [5, 5.41) is 0. The van der Waals surface area contributed by atoms with Crippen LogP contribution in [-0.4, -0.2) is 30.1 Å². The highest BCUT2D eigenvalue weighted by molar-refractivity contribution is 5.17. The van der Waals surface area contributed by atoms with E-state index in [1.165, 1.54) is 25.3 Å². The van der Waals surface area contributed by atoms with Gasteiger partial charge < -0.3 is 5.73 Å². The van der Waals surface area contributed by atoms with E-state index in [0.717, 1.165) is 25.1 Å². The zero-order chi connectivity index (χ0) is 14.5. The smallest absolute Gasteiger partial charge is 0.123 e. The lowest BCUT2D eigenvalue weighted by Gasteiger charge is -2.36. The molecule has 2 nitrogen and oxygen atoms in total. The van der Waals surface area contributed by atoms with Gasteiger partial charge >= 0.3 is 0 Å². The molecule has 3 heteroatoms. The number of nitrogens with two attached hydrogens (primary N) is 1. The minimum atomic E-state index is -0.140. The molecule has 1 aliphatic rings. The first kappa shape index (κ1) is 15.5. The largest absolute Gasteiger partial charge is 0.330 e. The molecule has 0 aromatic heterocycles. The monoisotopic (exact) mass is 278 g/mol. The third-order valence-corrected chi connectivity index (χ3v) is 4.70. The quantitative estimate of drug-likeness (QED) is 0.866. The van der Waals surface area contributed by atoms with Crippen LogP contribution >= 0.6 is 0 Å². The Morgan fingerprint density at radius 2 is 2.20 bits per heavy atom. The molecule has 3 unspecified atom stereocenters. The predicted molar refractivity (Wildman–Crippen MR) is 82.1 cm³/mol. The molecule has 0 aliphatic heterocycles. The van der Waals surface area contributed by atoms with Crippen molar-refractivity contribution in [1.82, 2.24) is 4.90 Å². The Morgan fingerprint density at radius 3 is 2.85 bits per heavy atom. The molecule has 112 valence electrons. The lowest BCUT2D eigenvalue weighted by atomic mass is 9.98. The molecule has 1 aliphatic carbocycles. The van der Waals surface area contributed by atoms with Gasteiger partial charge in [0.1, 0.15) is 5.82 Å². The molecular weight excluding hydrogens is 251 g/mol. The maximum Gasteiger partial charge on any atom is 0.123 e. The third-order valence-electron chi connectivity index (χ3n) is 4.70. The number of hydrogen-bond donors (Lipinski definition) is 1. The summed E-state index contributed by atoms with van der Waals surface area (Å²) in [6.07, 6.45) is 4.70. The van der Waals surface area contributed by atoms with Gasteiger partial charge in [-0.15, -0.1) is 0 Å². The molecule has 20 heavy (non-hydrogen) atoms. The molecule has 2 rings (SSSR count). The Labute approximate surface area is 122 Å². The molecule has 0 spiro atoms. The first-order valence-electron chi connectivity index (χ1n) is 7.86. The minimum Gasteiger partial charge on any atom is -0.330 e. The summed E-state index contributed by atoms with van der Waals surface area (Å²) >= 11 is 0. The van der Waals surface area contributed by atoms with Gasteiger partial charge in [0.15, 0.2) is 0 Å². The Morgan fingerprint density at radius 1 is 1.40 bits per heavy atom. The first-order chi connectivity index (χ1) is 9.65. The molecule has 0 heterocycles. The van der Waals surface area contributed by atoms with E-state index in [4.69, 9.17) is 5.73 Å². The van der Waals surface area contributed by atoms with Gasteiger partial charge in [0.2, 0.25) is 0 Å². The van der Waals surface area contributed by atoms with Crippen molar-refractivity contribution in [2.45, 2.75) is 51.6 Å². The molecule has 0 bridgehead atoms. The van der Waals surface area contributed by atoms with Crippen LogP contribution in [0.4, 0.5) is 4.39 Å². The van der Waals surface area contributed by atoms with Crippen molar-refractivity contribution < 1.29 is 4.39 Å². The second-order valence-electron chi connectivity index (χ2n) is 6.01. The summed E-state index contributed by atoms with van der Waals surface area (Å²) in [4.78, 5) is 2.56. The molecule has 1 fully saturated rings. The lowest BCUT2D eigenvalue weighted by molar-refractivity contribution is 0.123. The van der Waals surface area contributed by atoms with Crippen molar-refractivity contribution in [2.24, 2.45) is 11.7 Å². The second kappa shape index (κ2) is 7.19. The fraction of sp³-hybridized carbons (Fsp3) is 0.647. The fourth-order valence-electron chi connectivity index (χ4n) is 3.72. The van der Waals surface area contributed by atoms with Gasteiger partial charge in [-0.1, -0.05) is 25.5 Å². The SMILES string of the molecule is CCN(C(C)Cc1cccc(F)c1)C1CCCC1CN. The predicted octanol–water partition coefficient (Wildman–Crippen LogP) is 3.21. The van der Waals surface area contributed by atoms with Gasteiger partial charge in [-0.25, -0.2) is 4.39 Å². The van der Waals surface area contributed by atoms with E-state index in [-0.39, 0.29) is 5.82 Å². The summed E-state index contributed by atoms with van der Waals surface area (Å²) in [5.41, 5.74) is 6.99. The molecule has 1 aromatic carbocycles. The number of halogens is 1. The number of likely N-dealkylation sites (N-methyl/N-ethyl adjacent to an activating group) is 1. The van der Waals surface area contributed by atoms with E-state index >= 15 is 0 Å². The number of hydrogen-bond acceptors (Lipinski definition) is 2. The van der Waals surface area contributed by atoms with Gasteiger partial charge in [-0.2, -0.15) is 0 Å². The fourth-order valence-corrected chi connectivity index (χ4v) is 3.72. The minimum absolute atomic E-state index is 0.140. The second-order valence-corrected chi connectivity index (χ2v) is 6.01. The van der Waals surface area contributed by atoms with E-state index in [1.54, 1.807) is 12.1 Å². The van der Waals surface area contributed by atoms with Crippen LogP contribution in [0.15, 0.2) is 24.3 Å². The lowest BCUT2D eigenvalue weighted by Crippen LogP contribution is -2.46. The van der Waals surface area contributed by atoms with E-state index < -0.39 is 0 Å². The average molecular weight is 278 g/mol. The molecule has 0 saturated heterocycles. The summed E-state index contributed by atoms with van der Waals surface area (Å²) in [6.45, 7) is 6.29. The van der Waals surface area contributed by atoms with Crippen LogP contribution in [0, 0.1) is 11.7 Å². The Hall–Kier alpha value is -0.930. The topological polar surface area (TPSA) is 29.3 Å². The van der Waals surface area contributed by atoms with Gasteiger partial charge in [-0.05, 0) is 62.9 Å². The van der Waals surface area contributed by atoms with Crippen LogP contribution in [0.1, 0.15) is 38.7 Å². The first-order valence-corrected chi connectivity index (χ1v) is 7.86. The standard InChI is InChI=1S/C17H27FN2/c1-3-20(17-9-5-7-15(17)12-19)13(2)10-14-6-4-8-16(18)11-14/h4,6,8,11,13,15,17H,3,5,7,9-10,12,19H2,1-2H3. The summed E-state index contributed by atoms with van der Waals surface area (Å²) in [6, 6.07) is 8.01. The van der Waals surface area contributed by atoms with Crippen molar-refractivity contribution >= 4 is 0 Å². The highest BCUT2D eigenvalue weighted by Crippen LogP contribution is 2.31. The highest BCUT2D eigenvalue weighted by Gasteiger charge is 2.32. The van der Waals surface area contributed by atoms with Gasteiger partial charge in [0, 0.05) is 12.1 Å². The van der Waals surface area contributed by atoms with E-state index in [2.05, 4.69) is 18.7 Å². The third kappa shape index (κ3) is 3.58. The van der Waals surface area contributed by atoms with Crippen LogP contribution in [0.3, 0.4) is 0 Å². The molecule has 0 amide bonds. The molecule has 0 radical (unpaired) electrons. The van der Waals surface area contributed by atoms with Crippen LogP contribution in [-0.2, 0) is 6.42 Å². The molecule has 1 saturated carbocycles. The van der Waals surface area contributed by atoms with Gasteiger partial charge in [0.25, 0.3) is 0 Å². The van der Waals surface area contributed by atoms with E-state index in [1.807, 2.05) is 6.07 Å². The Kier molecular flexibility index (Phi) is 5.55. The number of nitrogens with zero attached hydrogens (tertiary/aromatic N) is 1. The number of rotatable bonds is 6. The van der Waals surface area contributed by atoms with Crippen LogP contribution in [0.2, 0.25) is 0 Å². The van der Waals surface area contributed by atoms with E-state index in [0.29, 0.717) is 18.0 Å². The van der Waals surface area contributed by atoms with Crippen molar-refractivity contribution in [3.63, 3.8) is 0 Å². The average Bonchev–Trinajstić information content (AvgIpc) is 2.88. The maximum atomic E-state index is 13.3. The normalized spacial score (nSPS) is 24.2. The van der Waals surface area contributed by atoms with Crippen molar-refractivity contribution in [3.05, 3.63) is 35.6 Å². The van der Waals surface area contributed by atoms with Crippen LogP contribution in [0.25, 0.3) is 0 Å². The number of benzene rings is 1. The van der Waals surface area contributed by atoms with Crippen LogP contribution in [0.5, 0.6) is 0 Å². The maximum absolute atomic E-state index is 13.3. The zero-order valence-electron chi connectivity index (χ0n) is 12.7. The van der Waals surface area contributed by atoms with Crippen molar-refractivity contribution in [2.75, 3.05) is 13.1 Å². The van der Waals surface area contributed by atoms with Gasteiger partial charge in [-0.3, -0.25) is 4.90 Å². The summed E-state index contributed by atoms with van der Waals surface area (Å²) < 4.78 is 13.3. The Balaban J connectivity index is 2.03. The van der Waals surface area contributed by atoms with Crippen LogP contribution < -0.4 is 5.73 Å².